The summed E-state index contributed by atoms with van der Waals surface area (Å²) < 4.78 is 15.5. The van der Waals surface area contributed by atoms with Crippen LogP contribution in [0.25, 0.3) is 0 Å². The van der Waals surface area contributed by atoms with Crippen LogP contribution in [0.2, 0.25) is 0 Å². The van der Waals surface area contributed by atoms with E-state index < -0.39 is 11.6 Å². The average Bonchev–Trinajstić information content (AvgIpc) is 2.66. The number of aliphatic imine (C=N–C) groups is 2. The van der Waals surface area contributed by atoms with Gasteiger partial charge in [-0.1, -0.05) is 6.42 Å². The maximum absolute atomic E-state index is 11.3. The number of anilines is 1. The summed E-state index contributed by atoms with van der Waals surface area (Å²) >= 11 is 0. The predicted molar refractivity (Wildman–Crippen MR) is 102 cm³/mol. The third-order valence-electron chi connectivity index (χ3n) is 4.83. The summed E-state index contributed by atoms with van der Waals surface area (Å²) in [6, 6.07) is 5.36. The summed E-state index contributed by atoms with van der Waals surface area (Å²) in [7, 11) is 2.84. The molecule has 27 heavy (non-hydrogen) atoms. The van der Waals surface area contributed by atoms with E-state index in [4.69, 9.17) is 20.9 Å². The number of nitrogens with two attached hydrogens (primary N) is 2. The summed E-state index contributed by atoms with van der Waals surface area (Å²) in [6.45, 7) is -0.204. The van der Waals surface area contributed by atoms with Crippen molar-refractivity contribution in [1.82, 2.24) is 0 Å². The van der Waals surface area contributed by atoms with Crippen LogP contribution in [0, 0.1) is 0 Å². The van der Waals surface area contributed by atoms with Crippen LogP contribution in [-0.2, 0) is 9.53 Å². The van der Waals surface area contributed by atoms with Crippen molar-refractivity contribution in [3.8, 4) is 11.5 Å². The zero-order valence-electron chi connectivity index (χ0n) is 15.6. The molecule has 1 aromatic rings. The van der Waals surface area contributed by atoms with Crippen LogP contribution in [0.15, 0.2) is 28.2 Å². The second-order valence-corrected chi connectivity index (χ2v) is 6.52. The van der Waals surface area contributed by atoms with Crippen LogP contribution >= 0.6 is 0 Å². The first-order chi connectivity index (χ1) is 13.0. The first kappa shape index (κ1) is 18.8. The van der Waals surface area contributed by atoms with Gasteiger partial charge >= 0.3 is 5.97 Å². The number of hydrogen-bond acceptors (Lipinski definition) is 9. The molecule has 0 aromatic heterocycles. The molecule has 146 valence electrons. The third-order valence-corrected chi connectivity index (χ3v) is 4.83. The largest absolute Gasteiger partial charge is 0.493 e. The second-order valence-electron chi connectivity index (χ2n) is 6.52. The average molecular weight is 375 g/mol. The molecule has 0 radical (unpaired) electrons. The lowest BCUT2D eigenvalue weighted by Gasteiger charge is -2.45. The van der Waals surface area contributed by atoms with E-state index in [1.54, 1.807) is 12.1 Å². The summed E-state index contributed by atoms with van der Waals surface area (Å²) in [5, 5.41) is 0. The van der Waals surface area contributed by atoms with Crippen LogP contribution in [0.1, 0.15) is 32.1 Å². The lowest BCUT2D eigenvalue weighted by molar-refractivity contribution is -0.142. The van der Waals surface area contributed by atoms with E-state index in [0.29, 0.717) is 17.5 Å². The SMILES string of the molecule is COC(=O)COc1ccc(N2C(N)=NC(N)=NC23CCCCC3)cc1OC. The highest BCUT2D eigenvalue weighted by Gasteiger charge is 2.42. The highest BCUT2D eigenvalue weighted by molar-refractivity contribution is 6.05. The number of carbonyl (C=O) groups excluding carboxylic acids is 1. The number of ether oxygens (including phenoxy) is 3. The number of nitrogens with zero attached hydrogens (tertiary/aromatic N) is 3. The molecule has 9 nitrogen and oxygen atoms in total. The van der Waals surface area contributed by atoms with E-state index in [9.17, 15) is 4.79 Å². The molecule has 1 aliphatic carbocycles. The molecule has 2 aliphatic rings. The van der Waals surface area contributed by atoms with Gasteiger partial charge in [-0.2, -0.15) is 4.99 Å². The first-order valence-electron chi connectivity index (χ1n) is 8.86. The Morgan fingerprint density at radius 3 is 2.59 bits per heavy atom. The number of hydrogen-bond donors (Lipinski definition) is 2. The summed E-state index contributed by atoms with van der Waals surface area (Å²) in [6.07, 6.45) is 4.92. The van der Waals surface area contributed by atoms with Crippen molar-refractivity contribution in [2.75, 3.05) is 25.7 Å². The normalized spacial score (nSPS) is 18.5. The van der Waals surface area contributed by atoms with Crippen molar-refractivity contribution >= 4 is 23.6 Å². The van der Waals surface area contributed by atoms with Gasteiger partial charge in [-0.3, -0.25) is 4.90 Å². The van der Waals surface area contributed by atoms with Gasteiger partial charge in [0.2, 0.25) is 11.9 Å². The molecule has 0 amide bonds. The summed E-state index contributed by atoms with van der Waals surface area (Å²) in [5.41, 5.74) is 12.4. The Hall–Kier alpha value is -2.97. The van der Waals surface area contributed by atoms with E-state index in [1.807, 2.05) is 11.0 Å². The van der Waals surface area contributed by atoms with E-state index in [2.05, 4.69) is 14.7 Å². The van der Waals surface area contributed by atoms with Crippen LogP contribution < -0.4 is 25.8 Å². The monoisotopic (exact) mass is 375 g/mol. The Labute approximate surface area is 158 Å². The van der Waals surface area contributed by atoms with Crippen LogP contribution in [0.4, 0.5) is 5.69 Å². The zero-order chi connectivity index (χ0) is 19.4. The smallest absolute Gasteiger partial charge is 0.343 e. The minimum atomic E-state index is -0.534. The Kier molecular flexibility index (Phi) is 5.38. The number of carbonyl (C=O) groups is 1. The van der Waals surface area contributed by atoms with Crippen molar-refractivity contribution < 1.29 is 19.0 Å². The molecule has 0 saturated heterocycles. The molecule has 3 rings (SSSR count). The van der Waals surface area contributed by atoms with Gasteiger partial charge in [0.05, 0.1) is 19.9 Å². The molecule has 1 fully saturated rings. The molecule has 0 atom stereocenters. The Morgan fingerprint density at radius 2 is 1.93 bits per heavy atom. The Balaban J connectivity index is 1.94. The molecule has 4 N–H and O–H groups in total. The number of esters is 1. The van der Waals surface area contributed by atoms with Gasteiger partial charge in [-0.25, -0.2) is 9.79 Å². The maximum Gasteiger partial charge on any atom is 0.343 e. The van der Waals surface area contributed by atoms with Gasteiger partial charge in [0.1, 0.15) is 5.66 Å². The number of benzene rings is 1. The summed E-state index contributed by atoms with van der Waals surface area (Å²) in [5.74, 6) is 0.933. The van der Waals surface area contributed by atoms with Crippen LogP contribution in [-0.4, -0.2) is 44.4 Å². The van der Waals surface area contributed by atoms with E-state index in [0.717, 1.165) is 37.8 Å². The molecule has 1 aromatic carbocycles. The molecule has 1 heterocycles. The molecule has 1 aliphatic heterocycles. The third kappa shape index (κ3) is 3.76. The van der Waals surface area contributed by atoms with E-state index >= 15 is 0 Å². The molecule has 1 spiro atoms. The quantitative estimate of drug-likeness (QED) is 0.744. The van der Waals surface area contributed by atoms with Crippen molar-refractivity contribution in [3.63, 3.8) is 0 Å². The van der Waals surface area contributed by atoms with Gasteiger partial charge in [-0.05, 0) is 37.8 Å². The van der Waals surface area contributed by atoms with Gasteiger partial charge in [0.25, 0.3) is 0 Å². The van der Waals surface area contributed by atoms with E-state index in [1.165, 1.54) is 14.2 Å². The van der Waals surface area contributed by atoms with Gasteiger partial charge < -0.3 is 25.7 Å². The standard InChI is InChI=1S/C18H25N5O4/c1-25-14-10-12(6-7-13(14)27-11-15(24)26-2)23-17(20)21-16(19)22-18(23)8-4-3-5-9-18/h6-7,10H,3-5,8-9,11H2,1-2H3,(H4,19,20,21,22). The molecular weight excluding hydrogens is 350 g/mol. The fraction of sp³-hybridized carbons (Fsp3) is 0.500. The molecule has 9 heteroatoms. The van der Waals surface area contributed by atoms with Crippen molar-refractivity contribution in [2.24, 2.45) is 21.5 Å². The zero-order valence-corrected chi connectivity index (χ0v) is 15.6. The highest BCUT2D eigenvalue weighted by atomic mass is 16.6. The van der Waals surface area contributed by atoms with Crippen molar-refractivity contribution in [1.29, 1.82) is 0 Å². The van der Waals surface area contributed by atoms with Crippen molar-refractivity contribution in [2.45, 2.75) is 37.8 Å². The van der Waals surface area contributed by atoms with Gasteiger partial charge in [0, 0.05) is 6.07 Å². The minimum Gasteiger partial charge on any atom is -0.493 e. The Bertz CT molecular complexity index is 771. The predicted octanol–water partition coefficient (Wildman–Crippen LogP) is 1.36. The topological polar surface area (TPSA) is 125 Å². The molecular formula is C18H25N5O4. The van der Waals surface area contributed by atoms with Gasteiger partial charge in [0.15, 0.2) is 18.1 Å². The summed E-state index contributed by atoms with van der Waals surface area (Å²) in [4.78, 5) is 22.0. The van der Waals surface area contributed by atoms with Crippen LogP contribution in [0.3, 0.4) is 0 Å². The van der Waals surface area contributed by atoms with Crippen LogP contribution in [0.5, 0.6) is 11.5 Å². The fourth-order valence-electron chi connectivity index (χ4n) is 3.61. The fourth-order valence-corrected chi connectivity index (χ4v) is 3.61. The second kappa shape index (κ2) is 7.73. The molecule has 1 saturated carbocycles. The van der Waals surface area contributed by atoms with E-state index in [-0.39, 0.29) is 12.6 Å². The maximum atomic E-state index is 11.3. The lowest BCUT2D eigenvalue weighted by atomic mass is 9.87. The Morgan fingerprint density at radius 1 is 1.19 bits per heavy atom. The number of guanidine groups is 2. The number of methoxy groups -OCH3 is 2. The minimum absolute atomic E-state index is 0.204. The molecule has 0 bridgehead atoms. The van der Waals surface area contributed by atoms with Gasteiger partial charge in [-0.15, -0.1) is 0 Å². The number of rotatable bonds is 5. The first-order valence-corrected chi connectivity index (χ1v) is 8.86. The highest BCUT2D eigenvalue weighted by Crippen LogP contribution is 2.41. The molecule has 0 unspecified atom stereocenters. The van der Waals surface area contributed by atoms with Crippen molar-refractivity contribution in [3.05, 3.63) is 18.2 Å². The lowest BCUT2D eigenvalue weighted by Crippen LogP contribution is -2.58.